The molecular formula is C19H27NO3. The van der Waals surface area contributed by atoms with E-state index in [1.165, 1.54) is 11.1 Å². The van der Waals surface area contributed by atoms with Gasteiger partial charge in [-0.3, -0.25) is 0 Å². The predicted molar refractivity (Wildman–Crippen MR) is 87.9 cm³/mol. The highest BCUT2D eigenvalue weighted by Gasteiger charge is 2.55. The molecule has 4 heteroatoms. The Kier molecular flexibility index (Phi) is 3.67. The molecule has 23 heavy (non-hydrogen) atoms. The number of benzene rings is 1. The van der Waals surface area contributed by atoms with E-state index in [2.05, 4.69) is 13.0 Å². The molecule has 0 aliphatic heterocycles. The standard InChI is InChI=1S/C19H27NO3/c1-19-7-6-14-13-3-2-12(21)9-15(13)11(10-23-20)8-16(14)17(19)4-5-18(19)22/h2-3,9,11,14,16-18,21-22H,4-8,10,20H2,1H3/t11-,14+,16-,17-,18?,19+/m1/s1. The minimum absolute atomic E-state index is 0.0731. The maximum atomic E-state index is 10.5. The van der Waals surface area contributed by atoms with E-state index in [0.29, 0.717) is 30.1 Å². The SMILES string of the molecule is C[C@]12CC[C@H]3c4ccc(O)cc4[C@@H](CON)C[C@H]3[C@H]1CCC2O. The molecule has 2 saturated carbocycles. The first-order valence-electron chi connectivity index (χ1n) is 8.87. The summed E-state index contributed by atoms with van der Waals surface area (Å²) >= 11 is 0. The second-order valence-corrected chi connectivity index (χ2v) is 8.09. The Labute approximate surface area is 137 Å². The van der Waals surface area contributed by atoms with E-state index in [1.807, 2.05) is 6.07 Å². The van der Waals surface area contributed by atoms with Gasteiger partial charge in [0, 0.05) is 5.92 Å². The van der Waals surface area contributed by atoms with Gasteiger partial charge in [-0.2, -0.15) is 0 Å². The van der Waals surface area contributed by atoms with Gasteiger partial charge in [-0.05, 0) is 78.5 Å². The molecule has 4 nitrogen and oxygen atoms in total. The number of phenolic OH excluding ortho intramolecular Hbond substituents is 1. The Hall–Kier alpha value is -1.10. The minimum atomic E-state index is -0.154. The van der Waals surface area contributed by atoms with Crippen molar-refractivity contribution in [2.75, 3.05) is 6.61 Å². The van der Waals surface area contributed by atoms with Crippen LogP contribution in [-0.4, -0.2) is 22.9 Å². The summed E-state index contributed by atoms with van der Waals surface area (Å²) in [6, 6.07) is 5.80. The molecule has 3 aliphatic carbocycles. The molecular weight excluding hydrogens is 290 g/mol. The van der Waals surface area contributed by atoms with E-state index in [1.54, 1.807) is 6.07 Å². The van der Waals surface area contributed by atoms with Gasteiger partial charge in [0.2, 0.25) is 0 Å². The van der Waals surface area contributed by atoms with Crippen molar-refractivity contribution < 1.29 is 15.1 Å². The largest absolute Gasteiger partial charge is 0.508 e. The molecule has 6 atom stereocenters. The molecule has 3 aliphatic rings. The van der Waals surface area contributed by atoms with Crippen LogP contribution in [0.5, 0.6) is 5.75 Å². The molecule has 0 saturated heterocycles. The monoisotopic (exact) mass is 317 g/mol. The first-order chi connectivity index (χ1) is 11.0. The normalized spacial score (nSPS) is 42.0. The molecule has 4 N–H and O–H groups in total. The molecule has 0 radical (unpaired) electrons. The molecule has 1 unspecified atom stereocenters. The van der Waals surface area contributed by atoms with Gasteiger partial charge in [0.05, 0.1) is 12.7 Å². The van der Waals surface area contributed by atoms with Gasteiger partial charge in [-0.25, -0.2) is 5.90 Å². The molecule has 1 aromatic rings. The molecule has 1 aromatic carbocycles. The van der Waals surface area contributed by atoms with Crippen molar-refractivity contribution >= 4 is 0 Å². The third-order valence-electron chi connectivity index (χ3n) is 7.15. The number of hydrogen-bond acceptors (Lipinski definition) is 4. The zero-order valence-electron chi connectivity index (χ0n) is 13.7. The second-order valence-electron chi connectivity index (χ2n) is 8.09. The molecule has 126 valence electrons. The predicted octanol–water partition coefficient (Wildman–Crippen LogP) is 3.04. The highest BCUT2D eigenvalue weighted by molar-refractivity contribution is 5.42. The summed E-state index contributed by atoms with van der Waals surface area (Å²) in [5.41, 5.74) is 2.65. The Balaban J connectivity index is 1.74. The van der Waals surface area contributed by atoms with Gasteiger partial charge < -0.3 is 15.1 Å². The van der Waals surface area contributed by atoms with E-state index in [4.69, 9.17) is 10.7 Å². The second kappa shape index (κ2) is 5.47. The van der Waals surface area contributed by atoms with Crippen LogP contribution in [0.2, 0.25) is 0 Å². The number of phenols is 1. The third-order valence-corrected chi connectivity index (χ3v) is 7.15. The van der Waals surface area contributed by atoms with E-state index < -0.39 is 0 Å². The molecule has 0 bridgehead atoms. The summed E-state index contributed by atoms with van der Waals surface area (Å²) in [6.07, 6.45) is 5.18. The van der Waals surface area contributed by atoms with Crippen LogP contribution in [-0.2, 0) is 4.84 Å². The van der Waals surface area contributed by atoms with Crippen LogP contribution in [0.4, 0.5) is 0 Å². The molecule has 0 spiro atoms. The van der Waals surface area contributed by atoms with Crippen molar-refractivity contribution in [3.8, 4) is 5.75 Å². The van der Waals surface area contributed by atoms with Gasteiger partial charge in [-0.1, -0.05) is 13.0 Å². The summed E-state index contributed by atoms with van der Waals surface area (Å²) in [7, 11) is 0. The van der Waals surface area contributed by atoms with Gasteiger partial charge in [0.15, 0.2) is 0 Å². The van der Waals surface area contributed by atoms with E-state index >= 15 is 0 Å². The van der Waals surface area contributed by atoms with Crippen molar-refractivity contribution in [2.24, 2.45) is 23.1 Å². The first-order valence-corrected chi connectivity index (χ1v) is 8.87. The Morgan fingerprint density at radius 2 is 2.09 bits per heavy atom. The number of aliphatic hydroxyl groups excluding tert-OH is 1. The summed E-state index contributed by atoms with van der Waals surface area (Å²) in [5.74, 6) is 7.65. The lowest BCUT2D eigenvalue weighted by Gasteiger charge is -2.51. The quantitative estimate of drug-likeness (QED) is 0.733. The Morgan fingerprint density at radius 1 is 1.26 bits per heavy atom. The lowest BCUT2D eigenvalue weighted by atomic mass is 9.54. The first kappa shape index (κ1) is 15.4. The molecule has 0 heterocycles. The van der Waals surface area contributed by atoms with Crippen molar-refractivity contribution in [3.05, 3.63) is 29.3 Å². The minimum Gasteiger partial charge on any atom is -0.508 e. The number of rotatable bonds is 2. The molecule has 0 amide bonds. The fourth-order valence-corrected chi connectivity index (χ4v) is 5.96. The summed E-state index contributed by atoms with van der Waals surface area (Å²) < 4.78 is 0. The Bertz CT molecular complexity index is 604. The lowest BCUT2D eigenvalue weighted by Crippen LogP contribution is -2.44. The number of aromatic hydroxyl groups is 1. The Morgan fingerprint density at radius 3 is 2.87 bits per heavy atom. The highest BCUT2D eigenvalue weighted by atomic mass is 16.6. The van der Waals surface area contributed by atoms with Crippen LogP contribution in [0.25, 0.3) is 0 Å². The average Bonchev–Trinajstić information content (AvgIpc) is 2.83. The highest BCUT2D eigenvalue weighted by Crippen LogP contribution is 2.62. The molecule has 2 fully saturated rings. The number of nitrogens with two attached hydrogens (primary N) is 1. The van der Waals surface area contributed by atoms with Crippen LogP contribution in [0, 0.1) is 17.3 Å². The zero-order valence-corrected chi connectivity index (χ0v) is 13.7. The molecule has 4 rings (SSSR count). The fraction of sp³-hybridized carbons (Fsp3) is 0.684. The fourth-order valence-electron chi connectivity index (χ4n) is 5.96. The maximum absolute atomic E-state index is 10.5. The molecule has 0 aromatic heterocycles. The third kappa shape index (κ3) is 2.23. The van der Waals surface area contributed by atoms with Crippen molar-refractivity contribution in [1.29, 1.82) is 0 Å². The van der Waals surface area contributed by atoms with Crippen molar-refractivity contribution in [3.63, 3.8) is 0 Å². The van der Waals surface area contributed by atoms with E-state index in [9.17, 15) is 10.2 Å². The smallest absolute Gasteiger partial charge is 0.115 e. The average molecular weight is 317 g/mol. The van der Waals surface area contributed by atoms with E-state index in [0.717, 1.165) is 32.1 Å². The van der Waals surface area contributed by atoms with Crippen molar-refractivity contribution in [1.82, 2.24) is 0 Å². The maximum Gasteiger partial charge on any atom is 0.115 e. The van der Waals surface area contributed by atoms with Crippen molar-refractivity contribution in [2.45, 2.75) is 57.0 Å². The van der Waals surface area contributed by atoms with Gasteiger partial charge in [0.25, 0.3) is 0 Å². The number of fused-ring (bicyclic) bond motifs is 5. The van der Waals surface area contributed by atoms with Gasteiger partial charge in [0.1, 0.15) is 5.75 Å². The zero-order chi connectivity index (χ0) is 16.2. The summed E-state index contributed by atoms with van der Waals surface area (Å²) in [6.45, 7) is 2.78. The van der Waals surface area contributed by atoms with Crippen LogP contribution < -0.4 is 5.90 Å². The van der Waals surface area contributed by atoms with Crippen LogP contribution >= 0.6 is 0 Å². The van der Waals surface area contributed by atoms with Gasteiger partial charge in [-0.15, -0.1) is 0 Å². The van der Waals surface area contributed by atoms with E-state index in [-0.39, 0.29) is 17.4 Å². The summed E-state index contributed by atoms with van der Waals surface area (Å²) in [4.78, 5) is 4.98. The van der Waals surface area contributed by atoms with Crippen LogP contribution in [0.1, 0.15) is 62.0 Å². The lowest BCUT2D eigenvalue weighted by molar-refractivity contribution is -0.0283. The number of aliphatic hydroxyl groups is 1. The topological polar surface area (TPSA) is 75.7 Å². The summed E-state index contributed by atoms with van der Waals surface area (Å²) in [5, 5.41) is 20.4. The number of hydrogen-bond donors (Lipinski definition) is 3. The van der Waals surface area contributed by atoms with Gasteiger partial charge >= 0.3 is 0 Å². The van der Waals surface area contributed by atoms with Crippen LogP contribution in [0.15, 0.2) is 18.2 Å². The van der Waals surface area contributed by atoms with Crippen LogP contribution in [0.3, 0.4) is 0 Å².